The Kier molecular flexibility index (Phi) is 6.58. The number of guanidine groups is 1. The van der Waals surface area contributed by atoms with Gasteiger partial charge in [-0.1, -0.05) is 6.92 Å². The molecule has 106 valence electrons. The van der Waals surface area contributed by atoms with Crippen LogP contribution in [0.3, 0.4) is 0 Å². The maximum absolute atomic E-state index is 4.76. The summed E-state index contributed by atoms with van der Waals surface area (Å²) in [5.41, 5.74) is 0. The van der Waals surface area contributed by atoms with Crippen LogP contribution in [0.25, 0.3) is 0 Å². The first kappa shape index (κ1) is 16.4. The minimum atomic E-state index is 0. The third-order valence-corrected chi connectivity index (χ3v) is 5.17. The molecule has 0 spiro atoms. The molecule has 0 aromatic carbocycles. The van der Waals surface area contributed by atoms with Crippen LogP contribution in [0.4, 0.5) is 0 Å². The molecule has 3 nitrogen and oxygen atoms in total. The molecule has 1 saturated carbocycles. The van der Waals surface area contributed by atoms with Crippen molar-refractivity contribution in [2.24, 2.45) is 10.9 Å². The molecule has 18 heavy (non-hydrogen) atoms. The van der Waals surface area contributed by atoms with Gasteiger partial charge in [-0.2, -0.15) is 11.8 Å². The number of halogens is 1. The summed E-state index contributed by atoms with van der Waals surface area (Å²) in [5.74, 6) is 3.13. The van der Waals surface area contributed by atoms with Gasteiger partial charge in [0.05, 0.1) is 6.54 Å². The summed E-state index contributed by atoms with van der Waals surface area (Å²) in [5, 5.41) is 6.86. The van der Waals surface area contributed by atoms with E-state index in [9.17, 15) is 0 Å². The maximum atomic E-state index is 4.76. The van der Waals surface area contributed by atoms with Crippen molar-refractivity contribution in [1.82, 2.24) is 10.6 Å². The molecule has 0 aromatic heterocycles. The zero-order chi connectivity index (χ0) is 12.3. The van der Waals surface area contributed by atoms with Crippen LogP contribution < -0.4 is 10.6 Å². The van der Waals surface area contributed by atoms with Crippen LogP contribution in [-0.4, -0.2) is 35.6 Å². The Bertz CT molecular complexity index is 290. The molecule has 0 amide bonds. The molecule has 2 fully saturated rings. The Balaban J connectivity index is 0.00000162. The largest absolute Gasteiger partial charge is 0.357 e. The smallest absolute Gasteiger partial charge is 0.191 e. The predicted molar refractivity (Wildman–Crippen MR) is 92.2 cm³/mol. The van der Waals surface area contributed by atoms with Gasteiger partial charge in [0.1, 0.15) is 0 Å². The van der Waals surface area contributed by atoms with Gasteiger partial charge in [-0.05, 0) is 44.8 Å². The molecule has 1 heterocycles. The first-order chi connectivity index (χ1) is 8.13. The first-order valence-corrected chi connectivity index (χ1v) is 7.80. The monoisotopic (exact) mass is 383 g/mol. The Labute approximate surface area is 132 Å². The van der Waals surface area contributed by atoms with Crippen molar-refractivity contribution in [3.63, 3.8) is 0 Å². The maximum Gasteiger partial charge on any atom is 0.191 e. The third-order valence-electron chi connectivity index (χ3n) is 3.65. The summed E-state index contributed by atoms with van der Waals surface area (Å²) in [6.45, 7) is 8.64. The Morgan fingerprint density at radius 2 is 2.22 bits per heavy atom. The van der Waals surface area contributed by atoms with E-state index >= 15 is 0 Å². The molecule has 1 saturated heterocycles. The molecule has 1 aliphatic heterocycles. The first-order valence-electron chi connectivity index (χ1n) is 6.82. The zero-order valence-corrected chi connectivity index (χ0v) is 14.8. The van der Waals surface area contributed by atoms with Gasteiger partial charge in [0.15, 0.2) is 5.96 Å². The molecule has 0 radical (unpaired) electrons. The van der Waals surface area contributed by atoms with Crippen molar-refractivity contribution in [2.45, 2.75) is 50.8 Å². The number of aliphatic imine (C=N–C) groups is 1. The lowest BCUT2D eigenvalue weighted by Gasteiger charge is -2.21. The Morgan fingerprint density at radius 1 is 1.50 bits per heavy atom. The van der Waals surface area contributed by atoms with Crippen LogP contribution in [0, 0.1) is 5.92 Å². The van der Waals surface area contributed by atoms with Crippen LogP contribution >= 0.6 is 35.7 Å². The van der Waals surface area contributed by atoms with Crippen molar-refractivity contribution >= 4 is 41.7 Å². The minimum absolute atomic E-state index is 0. The molecule has 2 N–H and O–H groups in total. The van der Waals surface area contributed by atoms with Gasteiger partial charge in [-0.15, -0.1) is 24.0 Å². The minimum Gasteiger partial charge on any atom is -0.357 e. The van der Waals surface area contributed by atoms with Gasteiger partial charge in [-0.25, -0.2) is 0 Å². The van der Waals surface area contributed by atoms with Gasteiger partial charge >= 0.3 is 0 Å². The number of rotatable bonds is 4. The molecule has 2 rings (SSSR count). The highest BCUT2D eigenvalue weighted by molar-refractivity contribution is 14.0. The van der Waals surface area contributed by atoms with E-state index in [1.54, 1.807) is 0 Å². The van der Waals surface area contributed by atoms with Gasteiger partial charge in [0, 0.05) is 17.3 Å². The quantitative estimate of drug-likeness (QED) is 0.445. The fraction of sp³-hybridized carbons (Fsp3) is 0.923. The third kappa shape index (κ3) is 4.79. The number of hydrogen-bond donors (Lipinski definition) is 2. The van der Waals surface area contributed by atoms with Gasteiger partial charge in [-0.3, -0.25) is 4.99 Å². The molecule has 5 heteroatoms. The number of hydrogen-bond acceptors (Lipinski definition) is 2. The summed E-state index contributed by atoms with van der Waals surface area (Å²) >= 11 is 2.08. The lowest BCUT2D eigenvalue weighted by molar-refractivity contribution is 0.613. The van der Waals surface area contributed by atoms with Gasteiger partial charge < -0.3 is 10.6 Å². The zero-order valence-electron chi connectivity index (χ0n) is 11.7. The summed E-state index contributed by atoms with van der Waals surface area (Å²) in [7, 11) is 0. The van der Waals surface area contributed by atoms with E-state index in [1.807, 2.05) is 0 Å². The molecular formula is C13H26IN3S. The van der Waals surface area contributed by atoms with Crippen molar-refractivity contribution < 1.29 is 0 Å². The molecule has 1 aliphatic carbocycles. The SMILES string of the molecule is CCNC(=NCC1(C)CCCS1)NC1CC1C.I. The van der Waals surface area contributed by atoms with Crippen molar-refractivity contribution in [2.75, 3.05) is 18.8 Å². The van der Waals surface area contributed by atoms with E-state index in [0.29, 0.717) is 10.8 Å². The number of nitrogens with one attached hydrogen (secondary N) is 2. The fourth-order valence-electron chi connectivity index (χ4n) is 2.23. The van der Waals surface area contributed by atoms with E-state index in [1.165, 1.54) is 25.0 Å². The van der Waals surface area contributed by atoms with Crippen molar-refractivity contribution in [3.05, 3.63) is 0 Å². The van der Waals surface area contributed by atoms with E-state index in [-0.39, 0.29) is 24.0 Å². The van der Waals surface area contributed by atoms with E-state index in [0.717, 1.165) is 25.0 Å². The van der Waals surface area contributed by atoms with E-state index < -0.39 is 0 Å². The average molecular weight is 383 g/mol. The summed E-state index contributed by atoms with van der Waals surface area (Å²) < 4.78 is 0.373. The number of nitrogens with zero attached hydrogens (tertiary/aromatic N) is 1. The molecule has 2 aliphatic rings. The molecule has 3 atom stereocenters. The normalized spacial score (nSPS) is 34.9. The molecule has 3 unspecified atom stereocenters. The standard InChI is InChI=1S/C13H25N3S.HI/c1-4-14-12(16-11-8-10(11)2)15-9-13(3)6-5-7-17-13;/h10-11H,4-9H2,1-3H3,(H2,14,15,16);1H. The van der Waals surface area contributed by atoms with Crippen LogP contribution in [0.5, 0.6) is 0 Å². The summed E-state index contributed by atoms with van der Waals surface area (Å²) in [6, 6.07) is 0.650. The second kappa shape index (κ2) is 7.22. The molecule has 0 bridgehead atoms. The predicted octanol–water partition coefficient (Wildman–Crippen LogP) is 2.85. The second-order valence-corrected chi connectivity index (χ2v) is 7.24. The molecule has 0 aromatic rings. The highest BCUT2D eigenvalue weighted by Crippen LogP contribution is 2.37. The number of thioether (sulfide) groups is 1. The Hall–Kier alpha value is 0.350. The Morgan fingerprint density at radius 3 is 2.72 bits per heavy atom. The van der Waals surface area contributed by atoms with Crippen molar-refractivity contribution in [3.8, 4) is 0 Å². The lowest BCUT2D eigenvalue weighted by atomic mass is 10.1. The highest BCUT2D eigenvalue weighted by Gasteiger charge is 2.34. The second-order valence-electron chi connectivity index (χ2n) is 5.56. The summed E-state index contributed by atoms with van der Waals surface area (Å²) in [6.07, 6.45) is 3.94. The average Bonchev–Trinajstić information content (AvgIpc) is 2.80. The molecular weight excluding hydrogens is 357 g/mol. The van der Waals surface area contributed by atoms with Crippen molar-refractivity contribution in [1.29, 1.82) is 0 Å². The van der Waals surface area contributed by atoms with Crippen LogP contribution in [0.15, 0.2) is 4.99 Å². The summed E-state index contributed by atoms with van der Waals surface area (Å²) in [4.78, 5) is 4.76. The van der Waals surface area contributed by atoms with Gasteiger partial charge in [0.2, 0.25) is 0 Å². The van der Waals surface area contributed by atoms with E-state index in [4.69, 9.17) is 4.99 Å². The van der Waals surface area contributed by atoms with Crippen LogP contribution in [-0.2, 0) is 0 Å². The van der Waals surface area contributed by atoms with Gasteiger partial charge in [0.25, 0.3) is 0 Å². The fourth-order valence-corrected chi connectivity index (χ4v) is 3.45. The van der Waals surface area contributed by atoms with E-state index in [2.05, 4.69) is 43.2 Å². The van der Waals surface area contributed by atoms with Crippen LogP contribution in [0.2, 0.25) is 0 Å². The lowest BCUT2D eigenvalue weighted by Crippen LogP contribution is -2.40. The topological polar surface area (TPSA) is 36.4 Å². The highest BCUT2D eigenvalue weighted by atomic mass is 127. The van der Waals surface area contributed by atoms with Crippen LogP contribution in [0.1, 0.15) is 40.0 Å².